The van der Waals surface area contributed by atoms with Gasteiger partial charge in [0.05, 0.1) is 0 Å². The summed E-state index contributed by atoms with van der Waals surface area (Å²) in [6, 6.07) is 5.92. The number of para-hydroxylation sites is 1. The van der Waals surface area contributed by atoms with Crippen molar-refractivity contribution < 1.29 is 19.1 Å². The average molecular weight is 286 g/mol. The molecule has 108 valence electrons. The van der Waals surface area contributed by atoms with Gasteiger partial charge in [-0.3, -0.25) is 0 Å². The SMILES string of the molecule is CC(=O)CN1C(=O)[C@@H](NCB=O)CC(=O)c2ccccc21. The molecule has 1 aliphatic rings. The molecule has 1 aliphatic heterocycles. The molecule has 0 aromatic heterocycles. The summed E-state index contributed by atoms with van der Waals surface area (Å²) in [7, 11) is 0.630. The molecule has 0 unspecified atom stereocenters. The normalized spacial score (nSPS) is 18.0. The van der Waals surface area contributed by atoms with E-state index < -0.39 is 6.04 Å². The van der Waals surface area contributed by atoms with Crippen molar-refractivity contribution in [3.8, 4) is 0 Å². The van der Waals surface area contributed by atoms with Crippen LogP contribution < -0.4 is 10.2 Å². The molecular formula is C14H15BN2O4. The van der Waals surface area contributed by atoms with E-state index in [-0.39, 0.29) is 36.9 Å². The van der Waals surface area contributed by atoms with E-state index >= 15 is 0 Å². The van der Waals surface area contributed by atoms with Crippen LogP contribution in [-0.2, 0) is 14.3 Å². The molecule has 1 heterocycles. The van der Waals surface area contributed by atoms with Gasteiger partial charge >= 0.3 is 122 Å². The number of rotatable bonds is 5. The van der Waals surface area contributed by atoms with Crippen molar-refractivity contribution in [1.29, 1.82) is 0 Å². The van der Waals surface area contributed by atoms with Crippen molar-refractivity contribution in [3.05, 3.63) is 29.8 Å². The Kier molecular flexibility index (Phi) is 4.75. The third kappa shape index (κ3) is 3.30. The maximum atomic E-state index is 12.5. The van der Waals surface area contributed by atoms with Crippen molar-refractivity contribution in [1.82, 2.24) is 5.32 Å². The zero-order chi connectivity index (χ0) is 15.4. The fourth-order valence-corrected chi connectivity index (χ4v) is 2.37. The summed E-state index contributed by atoms with van der Waals surface area (Å²) in [4.78, 5) is 37.5. The number of anilines is 1. The molecule has 6 nitrogen and oxygen atoms in total. The molecule has 1 aromatic rings. The summed E-state index contributed by atoms with van der Waals surface area (Å²) < 4.78 is 10.5. The zero-order valence-corrected chi connectivity index (χ0v) is 11.7. The Hall–Kier alpha value is -2.15. The fourth-order valence-electron chi connectivity index (χ4n) is 2.37. The third-order valence-electron chi connectivity index (χ3n) is 3.28. The number of hydrogen-bond acceptors (Lipinski definition) is 5. The van der Waals surface area contributed by atoms with E-state index in [9.17, 15) is 19.1 Å². The molecule has 1 atom stereocenters. The second kappa shape index (κ2) is 6.54. The van der Waals surface area contributed by atoms with Crippen LogP contribution in [0.4, 0.5) is 5.69 Å². The van der Waals surface area contributed by atoms with E-state index in [4.69, 9.17) is 0 Å². The second-order valence-electron chi connectivity index (χ2n) is 4.90. The van der Waals surface area contributed by atoms with Crippen LogP contribution in [0.15, 0.2) is 24.3 Å². The number of amides is 1. The maximum absolute atomic E-state index is 12.5. The van der Waals surface area contributed by atoms with Crippen molar-refractivity contribution >= 4 is 30.3 Å². The Labute approximate surface area is 122 Å². The van der Waals surface area contributed by atoms with E-state index in [2.05, 4.69) is 5.32 Å². The Balaban J connectivity index is 2.43. The van der Waals surface area contributed by atoms with Gasteiger partial charge in [-0.2, -0.15) is 0 Å². The number of carbonyl (C=O) groups is 3. The van der Waals surface area contributed by atoms with Gasteiger partial charge in [0.2, 0.25) is 0 Å². The summed E-state index contributed by atoms with van der Waals surface area (Å²) in [5.74, 6) is -0.736. The number of nitrogens with zero attached hydrogens (tertiary/aromatic N) is 1. The molecule has 0 saturated heterocycles. The molecular weight excluding hydrogens is 271 g/mol. The molecule has 0 bridgehead atoms. The summed E-state index contributed by atoms with van der Waals surface area (Å²) in [6.45, 7) is 1.29. The minimum absolute atomic E-state index is 0.0199. The standard InChI is InChI=1S/C14H15BN2O4/c1-9(18)7-17-12-5-3-2-4-10(12)13(19)6-11(14(17)20)16-8-15-21/h2-5,11,16H,6-8H2,1H3/t11-/m0/s1. The van der Waals surface area contributed by atoms with E-state index in [1.165, 1.54) is 11.8 Å². The number of ketones is 2. The van der Waals surface area contributed by atoms with Gasteiger partial charge in [0.1, 0.15) is 0 Å². The molecule has 1 amide bonds. The molecule has 1 aromatic carbocycles. The number of benzene rings is 1. The van der Waals surface area contributed by atoms with Crippen LogP contribution in [0, 0.1) is 0 Å². The molecule has 7 heteroatoms. The monoisotopic (exact) mass is 286 g/mol. The predicted molar refractivity (Wildman–Crippen MR) is 76.7 cm³/mol. The molecule has 1 N–H and O–H groups in total. The van der Waals surface area contributed by atoms with Gasteiger partial charge in [-0.1, -0.05) is 0 Å². The van der Waals surface area contributed by atoms with E-state index in [0.29, 0.717) is 18.4 Å². The Bertz CT molecular complexity index is 602. The fraction of sp³-hybridized carbons (Fsp3) is 0.357. The molecule has 0 radical (unpaired) electrons. The number of nitrogens with one attached hydrogen (secondary N) is 1. The molecule has 0 fully saturated rings. The first-order valence-electron chi connectivity index (χ1n) is 6.64. The Morgan fingerprint density at radius 1 is 1.38 bits per heavy atom. The van der Waals surface area contributed by atoms with Crippen LogP contribution in [0.1, 0.15) is 23.7 Å². The summed E-state index contributed by atoms with van der Waals surface area (Å²) in [5.41, 5.74) is 0.862. The average Bonchev–Trinajstić information content (AvgIpc) is 2.56. The van der Waals surface area contributed by atoms with Crippen LogP contribution in [0.5, 0.6) is 0 Å². The zero-order valence-electron chi connectivity index (χ0n) is 11.7. The molecule has 21 heavy (non-hydrogen) atoms. The molecule has 0 aliphatic carbocycles. The first-order chi connectivity index (χ1) is 10.0. The van der Waals surface area contributed by atoms with Crippen molar-refractivity contribution in [2.45, 2.75) is 19.4 Å². The number of hydrogen-bond donors (Lipinski definition) is 1. The van der Waals surface area contributed by atoms with E-state index in [1.807, 2.05) is 0 Å². The van der Waals surface area contributed by atoms with Crippen LogP contribution in [0.25, 0.3) is 0 Å². The quantitative estimate of drug-likeness (QED) is 0.779. The van der Waals surface area contributed by atoms with Gasteiger partial charge in [0, 0.05) is 0 Å². The van der Waals surface area contributed by atoms with Crippen molar-refractivity contribution in [3.63, 3.8) is 0 Å². The topological polar surface area (TPSA) is 83.6 Å². The molecule has 0 saturated carbocycles. The van der Waals surface area contributed by atoms with Crippen molar-refractivity contribution in [2.75, 3.05) is 17.9 Å². The Morgan fingerprint density at radius 2 is 2.10 bits per heavy atom. The number of Topliss-reactive ketones (excluding diaryl/α,β-unsaturated/α-hetero) is 2. The molecule has 2 rings (SSSR count). The van der Waals surface area contributed by atoms with Gasteiger partial charge in [-0.25, -0.2) is 0 Å². The molecule has 0 spiro atoms. The minimum atomic E-state index is -0.797. The van der Waals surface area contributed by atoms with Gasteiger partial charge < -0.3 is 0 Å². The van der Waals surface area contributed by atoms with Gasteiger partial charge in [-0.15, -0.1) is 0 Å². The van der Waals surface area contributed by atoms with Gasteiger partial charge in [0.25, 0.3) is 0 Å². The predicted octanol–water partition coefficient (Wildman–Crippen LogP) is 0.160. The van der Waals surface area contributed by atoms with Crippen LogP contribution >= 0.6 is 0 Å². The van der Waals surface area contributed by atoms with E-state index in [0.717, 1.165) is 0 Å². The number of carbonyl (C=O) groups excluding carboxylic acids is 3. The van der Waals surface area contributed by atoms with Gasteiger partial charge in [-0.05, 0) is 0 Å². The summed E-state index contributed by atoms with van der Waals surface area (Å²) in [5, 5.41) is 2.74. The van der Waals surface area contributed by atoms with Crippen LogP contribution in [0.2, 0.25) is 0 Å². The summed E-state index contributed by atoms with van der Waals surface area (Å²) >= 11 is 0. The number of fused-ring (bicyclic) bond motifs is 1. The summed E-state index contributed by atoms with van der Waals surface area (Å²) in [6.07, 6.45) is -0.0496. The van der Waals surface area contributed by atoms with Crippen LogP contribution in [0.3, 0.4) is 0 Å². The second-order valence-corrected chi connectivity index (χ2v) is 4.90. The first kappa shape index (κ1) is 15.2. The van der Waals surface area contributed by atoms with Crippen LogP contribution in [-0.4, -0.2) is 43.7 Å². The van der Waals surface area contributed by atoms with E-state index in [1.54, 1.807) is 24.3 Å². The van der Waals surface area contributed by atoms with Crippen molar-refractivity contribution in [2.24, 2.45) is 0 Å². The third-order valence-corrected chi connectivity index (χ3v) is 3.28. The first-order valence-corrected chi connectivity index (χ1v) is 6.64. The van der Waals surface area contributed by atoms with Gasteiger partial charge in [0.15, 0.2) is 0 Å². The Morgan fingerprint density at radius 3 is 2.76 bits per heavy atom.